The van der Waals surface area contributed by atoms with Crippen molar-refractivity contribution in [3.8, 4) is 5.75 Å². The number of aliphatic hydroxyl groups is 1. The van der Waals surface area contributed by atoms with Crippen molar-refractivity contribution in [2.24, 2.45) is 5.92 Å². The summed E-state index contributed by atoms with van der Waals surface area (Å²) in [6.45, 7) is 5.57. The molecule has 2 atom stereocenters. The number of nitrogens with zero attached hydrogens (tertiary/aromatic N) is 3. The minimum Gasteiger partial charge on any atom is -0.495 e. The molecule has 0 amide bonds. The molecular weight excluding hydrogens is 442 g/mol. The predicted octanol–water partition coefficient (Wildman–Crippen LogP) is 3.60. The summed E-state index contributed by atoms with van der Waals surface area (Å²) in [6.07, 6.45) is 3.82. The van der Waals surface area contributed by atoms with Gasteiger partial charge in [0, 0.05) is 50.6 Å². The second-order valence-electron chi connectivity index (χ2n) is 9.24. The van der Waals surface area contributed by atoms with Crippen molar-refractivity contribution >= 4 is 10.9 Å². The molecule has 3 heterocycles. The van der Waals surface area contributed by atoms with E-state index in [4.69, 9.17) is 14.2 Å². The average Bonchev–Trinajstić information content (AvgIpc) is 3.44. The fourth-order valence-electron chi connectivity index (χ4n) is 4.98. The molecule has 7 heteroatoms. The fourth-order valence-corrected chi connectivity index (χ4v) is 4.98. The molecule has 0 radical (unpaired) electrons. The van der Waals surface area contributed by atoms with Crippen LogP contribution in [0.4, 0.5) is 0 Å². The summed E-state index contributed by atoms with van der Waals surface area (Å²) in [4.78, 5) is 9.30. The Labute approximate surface area is 206 Å². The normalized spacial score (nSPS) is 18.5. The Morgan fingerprint density at radius 1 is 1.00 bits per heavy atom. The van der Waals surface area contributed by atoms with Crippen molar-refractivity contribution in [3.63, 3.8) is 0 Å². The summed E-state index contributed by atoms with van der Waals surface area (Å²) in [5, 5.41) is 12.0. The Kier molecular flexibility index (Phi) is 7.47. The van der Waals surface area contributed by atoms with Crippen molar-refractivity contribution < 1.29 is 19.3 Å². The van der Waals surface area contributed by atoms with Gasteiger partial charge in [0.15, 0.2) is 0 Å². The first-order valence-corrected chi connectivity index (χ1v) is 12.2. The van der Waals surface area contributed by atoms with E-state index in [0.29, 0.717) is 19.1 Å². The molecule has 0 saturated carbocycles. The molecule has 0 aliphatic carbocycles. The zero-order valence-corrected chi connectivity index (χ0v) is 20.2. The van der Waals surface area contributed by atoms with E-state index in [1.807, 2.05) is 30.3 Å². The lowest BCUT2D eigenvalue weighted by Crippen LogP contribution is -2.49. The molecule has 0 spiro atoms. The lowest BCUT2D eigenvalue weighted by Gasteiger charge is -2.37. The molecule has 35 heavy (non-hydrogen) atoms. The number of ether oxygens (including phenoxy) is 3. The van der Waals surface area contributed by atoms with Gasteiger partial charge in [0.05, 0.1) is 24.9 Å². The van der Waals surface area contributed by atoms with Crippen LogP contribution < -0.4 is 4.74 Å². The predicted molar refractivity (Wildman–Crippen MR) is 135 cm³/mol. The quantitative estimate of drug-likeness (QED) is 0.507. The van der Waals surface area contributed by atoms with E-state index < -0.39 is 6.10 Å². The third-order valence-electron chi connectivity index (χ3n) is 6.92. The van der Waals surface area contributed by atoms with E-state index in [1.54, 1.807) is 19.6 Å². The monoisotopic (exact) mass is 475 g/mol. The number of piperazine rings is 1. The van der Waals surface area contributed by atoms with Crippen LogP contribution in [0, 0.1) is 5.92 Å². The Hall–Kier alpha value is -3.13. The van der Waals surface area contributed by atoms with Crippen molar-refractivity contribution in [2.45, 2.75) is 12.5 Å². The molecule has 1 N–H and O–H groups in total. The number of rotatable bonds is 9. The van der Waals surface area contributed by atoms with E-state index in [9.17, 15) is 5.11 Å². The summed E-state index contributed by atoms with van der Waals surface area (Å²) in [6, 6.07) is 18.4. The highest BCUT2D eigenvalue weighted by molar-refractivity contribution is 5.83. The number of hydrogen-bond acceptors (Lipinski definition) is 7. The zero-order chi connectivity index (χ0) is 24.0. The highest BCUT2D eigenvalue weighted by Crippen LogP contribution is 2.28. The molecule has 184 valence electrons. The molecule has 2 aliphatic heterocycles. The van der Waals surface area contributed by atoms with E-state index >= 15 is 0 Å². The Balaban J connectivity index is 1.19. The van der Waals surface area contributed by atoms with Gasteiger partial charge in [0.25, 0.3) is 0 Å². The van der Waals surface area contributed by atoms with Gasteiger partial charge >= 0.3 is 0 Å². The number of fused-ring (bicyclic) bond motifs is 1. The second kappa shape index (κ2) is 11.1. The summed E-state index contributed by atoms with van der Waals surface area (Å²) >= 11 is 0. The molecule has 2 aliphatic rings. The molecule has 0 bridgehead atoms. The van der Waals surface area contributed by atoms with Crippen LogP contribution in [-0.4, -0.2) is 73.1 Å². The van der Waals surface area contributed by atoms with Crippen molar-refractivity contribution in [1.82, 2.24) is 14.8 Å². The molecule has 2 aromatic carbocycles. The number of hydrogen-bond donors (Lipinski definition) is 1. The van der Waals surface area contributed by atoms with Crippen LogP contribution in [-0.2, 0) is 15.9 Å². The summed E-state index contributed by atoms with van der Waals surface area (Å²) < 4.78 is 16.5. The van der Waals surface area contributed by atoms with Gasteiger partial charge in [-0.15, -0.1) is 0 Å². The minimum absolute atomic E-state index is 0.259. The highest BCUT2D eigenvalue weighted by Gasteiger charge is 2.27. The number of aliphatic hydroxyl groups excluding tert-OH is 1. The van der Waals surface area contributed by atoms with E-state index in [2.05, 4.69) is 39.0 Å². The molecule has 5 rings (SSSR count). The fraction of sp³-hybridized carbons (Fsp3) is 0.393. The van der Waals surface area contributed by atoms with Gasteiger partial charge < -0.3 is 24.2 Å². The summed E-state index contributed by atoms with van der Waals surface area (Å²) in [5.74, 6) is 1.89. The topological polar surface area (TPSA) is 67.3 Å². The first-order valence-electron chi connectivity index (χ1n) is 12.2. The van der Waals surface area contributed by atoms with Crippen molar-refractivity contribution in [1.29, 1.82) is 0 Å². The molecule has 3 aromatic rings. The smallest absolute Gasteiger partial charge is 0.229 e. The zero-order valence-electron chi connectivity index (χ0n) is 20.2. The lowest BCUT2D eigenvalue weighted by atomic mass is 9.96. The maximum atomic E-state index is 11.1. The van der Waals surface area contributed by atoms with Gasteiger partial charge in [-0.1, -0.05) is 42.5 Å². The van der Waals surface area contributed by atoms with Crippen molar-refractivity contribution in [3.05, 3.63) is 83.9 Å². The second-order valence-corrected chi connectivity index (χ2v) is 9.24. The maximum absolute atomic E-state index is 11.1. The number of aromatic nitrogens is 1. The highest BCUT2D eigenvalue weighted by atomic mass is 16.7. The molecule has 7 nitrogen and oxygen atoms in total. The molecular formula is C28H33N3O4. The SMILES string of the molecule is COc1cnc2cccc(C(O)CN3CCN(CC(Cc4ccccc4)C4=COCO4)CC3)c2c1. The first kappa shape index (κ1) is 23.6. The van der Waals surface area contributed by atoms with Gasteiger partial charge in [-0.25, -0.2) is 0 Å². The van der Waals surface area contributed by atoms with Crippen LogP contribution in [0.25, 0.3) is 10.9 Å². The Bertz CT molecular complexity index is 1150. The first-order chi connectivity index (χ1) is 17.2. The average molecular weight is 476 g/mol. The van der Waals surface area contributed by atoms with Gasteiger partial charge in [-0.3, -0.25) is 9.88 Å². The van der Waals surface area contributed by atoms with Crippen LogP contribution in [0.2, 0.25) is 0 Å². The van der Waals surface area contributed by atoms with Crippen LogP contribution in [0.5, 0.6) is 5.75 Å². The molecule has 1 saturated heterocycles. The van der Waals surface area contributed by atoms with Crippen LogP contribution in [0.3, 0.4) is 0 Å². The maximum Gasteiger partial charge on any atom is 0.229 e. The van der Waals surface area contributed by atoms with Crippen LogP contribution >= 0.6 is 0 Å². The summed E-state index contributed by atoms with van der Waals surface area (Å²) in [5.41, 5.74) is 3.06. The van der Waals surface area contributed by atoms with Gasteiger partial charge in [0.2, 0.25) is 6.79 Å². The van der Waals surface area contributed by atoms with Crippen molar-refractivity contribution in [2.75, 3.05) is 53.2 Å². The third kappa shape index (κ3) is 5.75. The molecule has 1 aromatic heterocycles. The van der Waals surface area contributed by atoms with Gasteiger partial charge in [-0.05, 0) is 29.7 Å². The number of β-amino-alcohol motifs (C(OH)–C–C–N with tert-alkyl or cyclic N) is 1. The summed E-state index contributed by atoms with van der Waals surface area (Å²) in [7, 11) is 1.63. The number of benzene rings is 2. The lowest BCUT2D eigenvalue weighted by molar-refractivity contribution is 0.0526. The van der Waals surface area contributed by atoms with Crippen LogP contribution in [0.15, 0.2) is 72.8 Å². The molecule has 1 fully saturated rings. The van der Waals surface area contributed by atoms with E-state index in [1.165, 1.54) is 5.56 Å². The van der Waals surface area contributed by atoms with Gasteiger partial charge in [0.1, 0.15) is 17.8 Å². The number of pyridine rings is 1. The molecule has 2 unspecified atom stereocenters. The Morgan fingerprint density at radius 3 is 2.49 bits per heavy atom. The van der Waals surface area contributed by atoms with Crippen LogP contribution in [0.1, 0.15) is 17.2 Å². The van der Waals surface area contributed by atoms with E-state index in [0.717, 1.165) is 61.4 Å². The van der Waals surface area contributed by atoms with E-state index in [-0.39, 0.29) is 5.92 Å². The largest absolute Gasteiger partial charge is 0.495 e. The Morgan fingerprint density at radius 2 is 1.77 bits per heavy atom. The standard InChI is InChI=1S/C28H33N3O4/c1-33-23-15-25-24(8-5-9-26(25)29-16-23)27(32)18-31-12-10-30(11-13-31)17-22(28-19-34-20-35-28)14-21-6-3-2-4-7-21/h2-9,15-16,19,22,27,32H,10-14,17-18,20H2,1H3. The van der Waals surface area contributed by atoms with Gasteiger partial charge in [-0.2, -0.15) is 0 Å². The number of methoxy groups -OCH3 is 1. The third-order valence-corrected chi connectivity index (χ3v) is 6.92. The minimum atomic E-state index is -0.584.